The van der Waals surface area contributed by atoms with Crippen LogP contribution in [-0.2, 0) is 14.8 Å². The normalized spacial score (nSPS) is 12.2. The first-order chi connectivity index (χ1) is 14.4. The molecule has 0 radical (unpaired) electrons. The maximum Gasteiger partial charge on any atom is 0.337 e. The third-order valence-electron chi connectivity index (χ3n) is 4.45. The van der Waals surface area contributed by atoms with E-state index in [1.807, 2.05) is 30.3 Å². The van der Waals surface area contributed by atoms with Gasteiger partial charge in [-0.2, -0.15) is 0 Å². The molecule has 0 spiro atoms. The van der Waals surface area contributed by atoms with Gasteiger partial charge in [0.1, 0.15) is 0 Å². The zero-order valence-electron chi connectivity index (χ0n) is 16.2. The second kappa shape index (κ2) is 9.75. The number of esters is 1. The van der Waals surface area contributed by atoms with E-state index in [1.165, 1.54) is 31.4 Å². The summed E-state index contributed by atoms with van der Waals surface area (Å²) in [6.07, 6.45) is 0. The second-order valence-corrected chi connectivity index (χ2v) is 8.69. The number of hydrogen-bond donors (Lipinski definition) is 2. The number of hydrogen-bond acceptors (Lipinski definition) is 5. The van der Waals surface area contributed by atoms with Gasteiger partial charge in [-0.15, -0.1) is 0 Å². The number of rotatable bonds is 8. The number of anilines is 1. The first-order valence-corrected chi connectivity index (χ1v) is 11.0. The van der Waals surface area contributed by atoms with E-state index in [0.717, 1.165) is 11.3 Å². The Labute approximate surface area is 180 Å². The Kier molecular flexibility index (Phi) is 7.10. The van der Waals surface area contributed by atoms with Crippen molar-refractivity contribution in [2.75, 3.05) is 19.0 Å². The van der Waals surface area contributed by atoms with E-state index in [1.54, 1.807) is 24.3 Å². The summed E-state index contributed by atoms with van der Waals surface area (Å²) >= 11 is 5.85. The van der Waals surface area contributed by atoms with Crippen LogP contribution in [0.15, 0.2) is 83.8 Å². The van der Waals surface area contributed by atoms with Crippen LogP contribution in [0.2, 0.25) is 5.02 Å². The van der Waals surface area contributed by atoms with Crippen LogP contribution < -0.4 is 10.0 Å². The predicted octanol–water partition coefficient (Wildman–Crippen LogP) is 4.26. The Hall–Kier alpha value is -2.87. The molecule has 0 aliphatic rings. The standard InChI is InChI=1S/C22H21ClN2O4S/c1-29-22(26)17-7-11-19(12-8-17)25-21(16-5-3-2-4-6-16)15-24-30(27,28)20-13-9-18(23)10-14-20/h2-14,21,24-25H,15H2,1H3. The van der Waals surface area contributed by atoms with Gasteiger partial charge >= 0.3 is 5.97 Å². The third-order valence-corrected chi connectivity index (χ3v) is 6.14. The summed E-state index contributed by atoms with van der Waals surface area (Å²) in [5, 5.41) is 3.78. The molecule has 1 atom stereocenters. The van der Waals surface area contributed by atoms with E-state index in [0.29, 0.717) is 10.6 Å². The summed E-state index contributed by atoms with van der Waals surface area (Å²) in [7, 11) is -2.38. The van der Waals surface area contributed by atoms with Crippen molar-refractivity contribution in [3.8, 4) is 0 Å². The van der Waals surface area contributed by atoms with E-state index in [-0.39, 0.29) is 17.5 Å². The van der Waals surface area contributed by atoms with E-state index in [4.69, 9.17) is 16.3 Å². The van der Waals surface area contributed by atoms with Gasteiger partial charge in [0.15, 0.2) is 0 Å². The average Bonchev–Trinajstić information content (AvgIpc) is 2.77. The Morgan fingerprint density at radius 1 is 0.967 bits per heavy atom. The maximum atomic E-state index is 12.7. The van der Waals surface area contributed by atoms with Crippen molar-refractivity contribution < 1.29 is 17.9 Å². The molecule has 0 fully saturated rings. The number of ether oxygens (including phenoxy) is 1. The van der Waals surface area contributed by atoms with Gasteiger partial charge in [-0.25, -0.2) is 17.9 Å². The largest absolute Gasteiger partial charge is 0.465 e. The van der Waals surface area contributed by atoms with E-state index in [9.17, 15) is 13.2 Å². The monoisotopic (exact) mass is 444 g/mol. The van der Waals surface area contributed by atoms with Gasteiger partial charge in [-0.05, 0) is 54.1 Å². The van der Waals surface area contributed by atoms with Crippen LogP contribution in [0.3, 0.4) is 0 Å². The van der Waals surface area contributed by atoms with Crippen molar-refractivity contribution in [2.45, 2.75) is 10.9 Å². The topological polar surface area (TPSA) is 84.5 Å². The van der Waals surface area contributed by atoms with Gasteiger partial charge in [-0.1, -0.05) is 41.9 Å². The lowest BCUT2D eigenvalue weighted by molar-refractivity contribution is 0.0600. The fourth-order valence-corrected chi connectivity index (χ4v) is 4.02. The predicted molar refractivity (Wildman–Crippen MR) is 117 cm³/mol. The minimum atomic E-state index is -3.70. The highest BCUT2D eigenvalue weighted by Crippen LogP contribution is 2.21. The molecule has 0 saturated heterocycles. The van der Waals surface area contributed by atoms with Crippen LogP contribution >= 0.6 is 11.6 Å². The third kappa shape index (κ3) is 5.60. The second-order valence-electron chi connectivity index (χ2n) is 6.48. The molecule has 0 amide bonds. The summed E-state index contributed by atoms with van der Waals surface area (Å²) in [5.74, 6) is -0.420. The molecular weight excluding hydrogens is 424 g/mol. The van der Waals surface area contributed by atoms with Crippen LogP contribution in [0, 0.1) is 0 Å². The number of methoxy groups -OCH3 is 1. The molecule has 30 heavy (non-hydrogen) atoms. The van der Waals surface area contributed by atoms with E-state index >= 15 is 0 Å². The Balaban J connectivity index is 1.78. The molecule has 2 N–H and O–H groups in total. The molecule has 8 heteroatoms. The molecule has 156 valence electrons. The van der Waals surface area contributed by atoms with Crippen LogP contribution in [0.5, 0.6) is 0 Å². The molecule has 1 unspecified atom stereocenters. The minimum Gasteiger partial charge on any atom is -0.465 e. The molecule has 0 aromatic heterocycles. The number of carbonyl (C=O) groups excluding carboxylic acids is 1. The highest BCUT2D eigenvalue weighted by molar-refractivity contribution is 7.89. The maximum absolute atomic E-state index is 12.7. The molecule has 6 nitrogen and oxygen atoms in total. The number of halogens is 1. The lowest BCUT2D eigenvalue weighted by Crippen LogP contribution is -2.31. The summed E-state index contributed by atoms with van der Waals surface area (Å²) in [5.41, 5.74) is 2.08. The highest BCUT2D eigenvalue weighted by Gasteiger charge is 2.18. The fraction of sp³-hybridized carbons (Fsp3) is 0.136. The Bertz CT molecular complexity index is 1090. The van der Waals surface area contributed by atoms with Crippen molar-refractivity contribution >= 4 is 33.3 Å². The van der Waals surface area contributed by atoms with Gasteiger partial charge in [0.05, 0.1) is 23.6 Å². The number of carbonyl (C=O) groups is 1. The van der Waals surface area contributed by atoms with Crippen LogP contribution in [-0.4, -0.2) is 28.0 Å². The van der Waals surface area contributed by atoms with Crippen LogP contribution in [0.25, 0.3) is 0 Å². The van der Waals surface area contributed by atoms with E-state index in [2.05, 4.69) is 10.0 Å². The fourth-order valence-electron chi connectivity index (χ4n) is 2.85. The van der Waals surface area contributed by atoms with E-state index < -0.39 is 16.0 Å². The quantitative estimate of drug-likeness (QED) is 0.507. The molecule has 3 aromatic carbocycles. The van der Waals surface area contributed by atoms with Crippen LogP contribution in [0.4, 0.5) is 5.69 Å². The zero-order valence-corrected chi connectivity index (χ0v) is 17.8. The average molecular weight is 445 g/mol. The van der Waals surface area contributed by atoms with Crippen molar-refractivity contribution in [3.05, 3.63) is 95.0 Å². The first-order valence-electron chi connectivity index (χ1n) is 9.14. The summed E-state index contributed by atoms with van der Waals surface area (Å²) in [4.78, 5) is 11.7. The highest BCUT2D eigenvalue weighted by atomic mass is 35.5. The zero-order chi connectivity index (χ0) is 21.6. The molecule has 0 aliphatic carbocycles. The molecular formula is C22H21ClN2O4S. The molecule has 0 saturated carbocycles. The minimum absolute atomic E-state index is 0.119. The van der Waals surface area contributed by atoms with Gasteiger partial charge in [-0.3, -0.25) is 0 Å². The summed E-state index contributed by atoms with van der Waals surface area (Å²) in [6.45, 7) is 0.119. The molecule has 3 rings (SSSR count). The lowest BCUT2D eigenvalue weighted by Gasteiger charge is -2.21. The Morgan fingerprint density at radius 3 is 2.20 bits per heavy atom. The van der Waals surface area contributed by atoms with Gasteiger partial charge in [0, 0.05) is 17.3 Å². The lowest BCUT2D eigenvalue weighted by atomic mass is 10.1. The van der Waals surface area contributed by atoms with Crippen molar-refractivity contribution in [1.82, 2.24) is 4.72 Å². The molecule has 3 aromatic rings. The van der Waals surface area contributed by atoms with Crippen molar-refractivity contribution in [3.63, 3.8) is 0 Å². The van der Waals surface area contributed by atoms with Crippen molar-refractivity contribution in [2.24, 2.45) is 0 Å². The molecule has 0 aliphatic heterocycles. The van der Waals surface area contributed by atoms with Gasteiger partial charge in [0.2, 0.25) is 10.0 Å². The number of benzene rings is 3. The summed E-state index contributed by atoms with van der Waals surface area (Å²) in [6, 6.07) is 21.9. The first kappa shape index (κ1) is 21.8. The Morgan fingerprint density at radius 2 is 1.60 bits per heavy atom. The van der Waals surface area contributed by atoms with Crippen LogP contribution in [0.1, 0.15) is 22.0 Å². The summed E-state index contributed by atoms with van der Waals surface area (Å²) < 4.78 is 32.7. The SMILES string of the molecule is COC(=O)c1ccc(NC(CNS(=O)(=O)c2ccc(Cl)cc2)c2ccccc2)cc1. The van der Waals surface area contributed by atoms with Gasteiger partial charge in [0.25, 0.3) is 0 Å². The van der Waals surface area contributed by atoms with Crippen molar-refractivity contribution in [1.29, 1.82) is 0 Å². The molecule has 0 heterocycles. The number of nitrogens with one attached hydrogen (secondary N) is 2. The number of sulfonamides is 1. The smallest absolute Gasteiger partial charge is 0.337 e. The molecule has 0 bridgehead atoms. The van der Waals surface area contributed by atoms with Gasteiger partial charge < -0.3 is 10.1 Å².